The minimum Gasteiger partial charge on any atom is -0.506 e. The summed E-state index contributed by atoms with van der Waals surface area (Å²) in [6.45, 7) is 2.36. The van der Waals surface area contributed by atoms with Crippen LogP contribution in [0.25, 0.3) is 0 Å². The van der Waals surface area contributed by atoms with Crippen LogP contribution in [0.3, 0.4) is 0 Å². The van der Waals surface area contributed by atoms with Crippen LogP contribution in [0.15, 0.2) is 43.0 Å². The van der Waals surface area contributed by atoms with E-state index in [9.17, 15) is 29.4 Å². The second-order valence-corrected chi connectivity index (χ2v) is 8.36. The molecule has 6 N–H and O–H groups in total. The SMILES string of the molecule is COc1cc(NC(=O)Cn2cc[n+](CC(=O)Nc3cc(OC)c(NC(C)=O)cc3O)c2)c(O)cc1NC(C)=O. The molecular formula is C25H29N6O8+. The van der Waals surface area contributed by atoms with E-state index in [1.165, 1.54) is 67.8 Å². The molecular weight excluding hydrogens is 512 g/mol. The van der Waals surface area contributed by atoms with Crippen LogP contribution in [0.5, 0.6) is 23.0 Å². The number of methoxy groups -OCH3 is 2. The summed E-state index contributed by atoms with van der Waals surface area (Å²) < 4.78 is 13.4. The average molecular weight is 542 g/mol. The van der Waals surface area contributed by atoms with Crippen LogP contribution in [0.1, 0.15) is 13.8 Å². The Hall–Kier alpha value is -5.27. The van der Waals surface area contributed by atoms with Crippen molar-refractivity contribution in [3.8, 4) is 23.0 Å². The van der Waals surface area contributed by atoms with Gasteiger partial charge < -0.3 is 41.0 Å². The molecule has 206 valence electrons. The van der Waals surface area contributed by atoms with E-state index in [2.05, 4.69) is 21.3 Å². The van der Waals surface area contributed by atoms with Crippen molar-refractivity contribution in [1.29, 1.82) is 0 Å². The van der Waals surface area contributed by atoms with Gasteiger partial charge in [0.1, 0.15) is 35.4 Å². The molecule has 4 amide bonds. The summed E-state index contributed by atoms with van der Waals surface area (Å²) in [5.41, 5.74) is 0.677. The van der Waals surface area contributed by atoms with Gasteiger partial charge >= 0.3 is 0 Å². The summed E-state index contributed by atoms with van der Waals surface area (Å²) in [6.07, 6.45) is 4.69. The Morgan fingerprint density at radius 3 is 1.72 bits per heavy atom. The Balaban J connectivity index is 1.62. The summed E-state index contributed by atoms with van der Waals surface area (Å²) in [4.78, 5) is 47.8. The number of phenolic OH excluding ortho intramolecular Hbond substituents is 2. The predicted molar refractivity (Wildman–Crippen MR) is 140 cm³/mol. The molecule has 14 nitrogen and oxygen atoms in total. The van der Waals surface area contributed by atoms with Crippen molar-refractivity contribution < 1.29 is 43.4 Å². The third kappa shape index (κ3) is 7.61. The molecule has 1 aromatic heterocycles. The van der Waals surface area contributed by atoms with Gasteiger partial charge in [-0.3, -0.25) is 19.2 Å². The van der Waals surface area contributed by atoms with Gasteiger partial charge in [0.05, 0.1) is 37.0 Å². The number of carbonyl (C=O) groups excluding carboxylic acids is 4. The van der Waals surface area contributed by atoms with Crippen LogP contribution < -0.4 is 35.3 Å². The first-order chi connectivity index (χ1) is 18.5. The number of amides is 4. The fourth-order valence-corrected chi connectivity index (χ4v) is 3.59. The molecule has 0 bridgehead atoms. The fourth-order valence-electron chi connectivity index (χ4n) is 3.59. The van der Waals surface area contributed by atoms with E-state index in [4.69, 9.17) is 9.47 Å². The van der Waals surface area contributed by atoms with Crippen LogP contribution in [0.4, 0.5) is 22.7 Å². The van der Waals surface area contributed by atoms with E-state index in [-0.39, 0.29) is 70.7 Å². The van der Waals surface area contributed by atoms with Crippen molar-refractivity contribution in [2.45, 2.75) is 26.9 Å². The predicted octanol–water partition coefficient (Wildman–Crippen LogP) is 1.40. The van der Waals surface area contributed by atoms with Crippen LogP contribution in [0.2, 0.25) is 0 Å². The minimum absolute atomic E-state index is 0.0881. The molecule has 0 spiro atoms. The van der Waals surface area contributed by atoms with E-state index >= 15 is 0 Å². The van der Waals surface area contributed by atoms with E-state index < -0.39 is 11.8 Å². The van der Waals surface area contributed by atoms with Crippen molar-refractivity contribution in [3.63, 3.8) is 0 Å². The number of nitrogens with zero attached hydrogens (tertiary/aromatic N) is 2. The number of carbonyl (C=O) groups is 4. The smallest absolute Gasteiger partial charge is 0.266 e. The van der Waals surface area contributed by atoms with Gasteiger partial charge in [0.2, 0.25) is 18.1 Å². The Kier molecular flexibility index (Phi) is 8.94. The Bertz CT molecular complexity index is 1310. The number of rotatable bonds is 10. The molecule has 3 aromatic rings. The quantitative estimate of drug-likeness (QED) is 0.164. The normalized spacial score (nSPS) is 10.4. The molecule has 0 saturated carbocycles. The van der Waals surface area contributed by atoms with Gasteiger partial charge in [-0.2, -0.15) is 0 Å². The van der Waals surface area contributed by atoms with Gasteiger partial charge in [-0.1, -0.05) is 0 Å². The van der Waals surface area contributed by atoms with Crippen molar-refractivity contribution in [2.75, 3.05) is 35.5 Å². The lowest BCUT2D eigenvalue weighted by Gasteiger charge is -2.13. The topological polar surface area (TPSA) is 184 Å². The number of hydrogen-bond donors (Lipinski definition) is 6. The molecule has 0 radical (unpaired) electrons. The van der Waals surface area contributed by atoms with Gasteiger partial charge in [0.25, 0.3) is 11.8 Å². The van der Waals surface area contributed by atoms with E-state index in [1.807, 2.05) is 0 Å². The number of aromatic hydroxyl groups is 2. The highest BCUT2D eigenvalue weighted by molar-refractivity contribution is 5.96. The second kappa shape index (κ2) is 12.3. The first kappa shape index (κ1) is 28.3. The lowest BCUT2D eigenvalue weighted by molar-refractivity contribution is -0.683. The van der Waals surface area contributed by atoms with Crippen molar-refractivity contribution >= 4 is 46.4 Å². The van der Waals surface area contributed by atoms with E-state index in [1.54, 1.807) is 12.4 Å². The lowest BCUT2D eigenvalue weighted by atomic mass is 10.2. The number of imidazole rings is 1. The van der Waals surface area contributed by atoms with Crippen molar-refractivity contribution in [2.24, 2.45) is 0 Å². The minimum atomic E-state index is -0.469. The van der Waals surface area contributed by atoms with Crippen LogP contribution in [0, 0.1) is 0 Å². The third-order valence-electron chi connectivity index (χ3n) is 5.20. The number of benzene rings is 2. The molecule has 0 fully saturated rings. The van der Waals surface area contributed by atoms with Gasteiger partial charge in [-0.05, 0) is 0 Å². The van der Waals surface area contributed by atoms with Gasteiger partial charge in [0, 0.05) is 38.1 Å². The maximum absolute atomic E-state index is 12.6. The highest BCUT2D eigenvalue weighted by Gasteiger charge is 2.18. The van der Waals surface area contributed by atoms with Gasteiger partial charge in [-0.25, -0.2) is 9.13 Å². The van der Waals surface area contributed by atoms with Crippen LogP contribution in [-0.4, -0.2) is 52.6 Å². The zero-order valence-corrected chi connectivity index (χ0v) is 21.7. The van der Waals surface area contributed by atoms with E-state index in [0.717, 1.165) is 0 Å². The third-order valence-corrected chi connectivity index (χ3v) is 5.20. The number of ether oxygens (including phenoxy) is 2. The Morgan fingerprint density at radius 2 is 1.26 bits per heavy atom. The fraction of sp³-hybridized carbons (Fsp3) is 0.240. The molecule has 3 rings (SSSR count). The first-order valence-corrected chi connectivity index (χ1v) is 11.5. The maximum atomic E-state index is 12.6. The number of anilines is 4. The standard InChI is InChI=1S/C25H28N6O8/c1-14(32)26-18-7-20(34)16(9-22(18)38-3)28-24(36)11-30-5-6-31(13-30)12-25(37)29-17-10-23(39-4)19(8-21(17)35)27-15(2)33/h5-10,13H,11-12H2,1-4H3,(H5-,26,27,28,29,32,33,34,35,36,37)/p+1. The highest BCUT2D eigenvalue weighted by Crippen LogP contribution is 2.36. The van der Waals surface area contributed by atoms with Crippen molar-refractivity contribution in [3.05, 3.63) is 43.0 Å². The first-order valence-electron chi connectivity index (χ1n) is 11.5. The zero-order chi connectivity index (χ0) is 28.7. The summed E-state index contributed by atoms with van der Waals surface area (Å²) in [7, 11) is 2.77. The average Bonchev–Trinajstić information content (AvgIpc) is 3.27. The number of nitrogens with one attached hydrogen (secondary N) is 4. The molecule has 39 heavy (non-hydrogen) atoms. The molecule has 1 heterocycles. The zero-order valence-electron chi connectivity index (χ0n) is 21.7. The molecule has 0 aliphatic heterocycles. The van der Waals surface area contributed by atoms with Gasteiger partial charge in [0.15, 0.2) is 13.1 Å². The van der Waals surface area contributed by atoms with Gasteiger partial charge in [-0.15, -0.1) is 0 Å². The van der Waals surface area contributed by atoms with Crippen molar-refractivity contribution in [1.82, 2.24) is 4.57 Å². The molecule has 0 saturated heterocycles. The summed E-state index contributed by atoms with van der Waals surface area (Å²) >= 11 is 0. The Morgan fingerprint density at radius 1 is 0.769 bits per heavy atom. The second-order valence-electron chi connectivity index (χ2n) is 8.36. The number of hydrogen-bond acceptors (Lipinski definition) is 8. The van der Waals surface area contributed by atoms with Crippen LogP contribution in [-0.2, 0) is 32.3 Å². The van der Waals surface area contributed by atoms with Crippen LogP contribution >= 0.6 is 0 Å². The number of aromatic nitrogens is 2. The highest BCUT2D eigenvalue weighted by atomic mass is 16.5. The Labute approximate surface area is 223 Å². The number of phenols is 2. The summed E-state index contributed by atoms with van der Waals surface area (Å²) in [5, 5.41) is 30.7. The monoisotopic (exact) mass is 541 g/mol. The molecule has 0 atom stereocenters. The largest absolute Gasteiger partial charge is 0.506 e. The molecule has 2 aromatic carbocycles. The molecule has 0 aliphatic rings. The summed E-state index contributed by atoms with van der Waals surface area (Å²) in [6, 6.07) is 5.29. The summed E-state index contributed by atoms with van der Waals surface area (Å²) in [5.74, 6) is -1.68. The molecule has 14 heteroatoms. The maximum Gasteiger partial charge on any atom is 0.266 e. The molecule has 0 unspecified atom stereocenters. The van der Waals surface area contributed by atoms with E-state index in [0.29, 0.717) is 0 Å². The lowest BCUT2D eigenvalue weighted by Crippen LogP contribution is -2.38. The molecule has 0 aliphatic carbocycles.